The number of hydrogen-bond acceptors (Lipinski definition) is 3. The van der Waals surface area contributed by atoms with E-state index >= 15 is 0 Å². The maximum atomic E-state index is 13.4. The third kappa shape index (κ3) is 3.32. The van der Waals surface area contributed by atoms with E-state index in [0.717, 1.165) is 6.07 Å². The van der Waals surface area contributed by atoms with E-state index in [2.05, 4.69) is 0 Å². The van der Waals surface area contributed by atoms with E-state index in [1.54, 1.807) is 24.3 Å². The minimum Gasteiger partial charge on any atom is -0.497 e. The van der Waals surface area contributed by atoms with Crippen molar-refractivity contribution < 1.29 is 27.9 Å². The van der Waals surface area contributed by atoms with Crippen molar-refractivity contribution in [3.05, 3.63) is 59.2 Å². The van der Waals surface area contributed by atoms with E-state index < -0.39 is 23.6 Å². The Balaban J connectivity index is 2.07. The van der Waals surface area contributed by atoms with Gasteiger partial charge in [-0.15, -0.1) is 0 Å². The van der Waals surface area contributed by atoms with Crippen molar-refractivity contribution in [3.63, 3.8) is 0 Å². The summed E-state index contributed by atoms with van der Waals surface area (Å²) in [6, 6.07) is 10.3. The summed E-state index contributed by atoms with van der Waals surface area (Å²) in [6.07, 6.45) is -4.65. The number of hydrogen-bond donors (Lipinski definition) is 1. The highest BCUT2D eigenvalue weighted by atomic mass is 19.4. The molecule has 0 radical (unpaired) electrons. The molecule has 1 aliphatic rings. The van der Waals surface area contributed by atoms with Crippen LogP contribution in [0.5, 0.6) is 5.75 Å². The summed E-state index contributed by atoms with van der Waals surface area (Å²) in [7, 11) is 1.51. The summed E-state index contributed by atoms with van der Waals surface area (Å²) in [6.45, 7) is 0. The van der Waals surface area contributed by atoms with Crippen LogP contribution in [0.4, 0.5) is 18.9 Å². The zero-order valence-electron chi connectivity index (χ0n) is 13.4. The quantitative estimate of drug-likeness (QED) is 0.827. The molecule has 1 aliphatic heterocycles. The van der Waals surface area contributed by atoms with Gasteiger partial charge in [0.1, 0.15) is 5.75 Å². The molecule has 1 unspecified atom stereocenters. The van der Waals surface area contributed by atoms with Crippen LogP contribution in [0, 0.1) is 0 Å². The van der Waals surface area contributed by atoms with E-state index in [4.69, 9.17) is 4.74 Å². The van der Waals surface area contributed by atoms with Crippen LogP contribution in [-0.4, -0.2) is 18.2 Å². The fraction of sp³-hybridized carbons (Fsp3) is 0.278. The molecule has 0 bridgehead atoms. The number of carbonyl (C=O) groups is 1. The van der Waals surface area contributed by atoms with Crippen molar-refractivity contribution in [2.24, 2.45) is 0 Å². The molecule has 1 N–H and O–H groups in total. The average Bonchev–Trinajstić information content (AvgIpc) is 2.71. The van der Waals surface area contributed by atoms with Gasteiger partial charge in [0, 0.05) is 6.42 Å². The average molecular weight is 351 g/mol. The van der Waals surface area contributed by atoms with E-state index in [-0.39, 0.29) is 24.1 Å². The summed E-state index contributed by atoms with van der Waals surface area (Å²) >= 11 is 0. The van der Waals surface area contributed by atoms with Crippen LogP contribution in [0.1, 0.15) is 29.0 Å². The summed E-state index contributed by atoms with van der Waals surface area (Å²) in [4.78, 5) is 12.2. The Hall–Kier alpha value is -2.54. The van der Waals surface area contributed by atoms with E-state index in [9.17, 15) is 23.2 Å². The molecule has 132 valence electrons. The fourth-order valence-electron chi connectivity index (χ4n) is 3.12. The number of ether oxygens (including phenoxy) is 1. The van der Waals surface area contributed by atoms with Crippen molar-refractivity contribution in [2.45, 2.75) is 24.9 Å². The van der Waals surface area contributed by atoms with Crippen LogP contribution < -0.4 is 9.80 Å². The van der Waals surface area contributed by atoms with Crippen LogP contribution in [0.3, 0.4) is 0 Å². The second-order valence-corrected chi connectivity index (χ2v) is 5.88. The molecule has 0 spiro atoms. The molecule has 4 nitrogen and oxygen atoms in total. The van der Waals surface area contributed by atoms with Gasteiger partial charge in [-0.3, -0.25) is 10.0 Å². The van der Waals surface area contributed by atoms with Crippen LogP contribution in [0.15, 0.2) is 42.5 Å². The van der Waals surface area contributed by atoms with Crippen molar-refractivity contribution in [1.82, 2.24) is 0 Å². The lowest BCUT2D eigenvalue weighted by Gasteiger charge is -2.19. The number of amides is 1. The van der Waals surface area contributed by atoms with Gasteiger partial charge in [0.15, 0.2) is 0 Å². The topological polar surface area (TPSA) is 49.8 Å². The van der Waals surface area contributed by atoms with Gasteiger partial charge in [0.25, 0.3) is 5.91 Å². The highest BCUT2D eigenvalue weighted by molar-refractivity contribution is 5.93. The van der Waals surface area contributed by atoms with Gasteiger partial charge in [0.05, 0.1) is 18.4 Å². The monoisotopic (exact) mass is 351 g/mol. The second-order valence-electron chi connectivity index (χ2n) is 5.88. The van der Waals surface area contributed by atoms with Gasteiger partial charge in [-0.05, 0) is 47.7 Å². The molecular weight excluding hydrogens is 335 g/mol. The Morgan fingerprint density at radius 3 is 2.40 bits per heavy atom. The molecule has 0 saturated heterocycles. The number of rotatable bonds is 2. The number of carbonyl (C=O) groups excluding carboxylic acids is 1. The summed E-state index contributed by atoms with van der Waals surface area (Å²) in [5.41, 5.74) is -0.315. The smallest absolute Gasteiger partial charge is 0.416 e. The molecule has 1 atom stereocenters. The first-order chi connectivity index (χ1) is 11.8. The highest BCUT2D eigenvalue weighted by Crippen LogP contribution is 2.41. The molecule has 0 saturated carbocycles. The van der Waals surface area contributed by atoms with Gasteiger partial charge in [-0.2, -0.15) is 18.2 Å². The van der Waals surface area contributed by atoms with Crippen molar-refractivity contribution in [1.29, 1.82) is 0 Å². The Kier molecular flexibility index (Phi) is 4.43. The SMILES string of the molecule is COc1ccc(C2CC(=O)N(O)c3cccc(C(F)(F)F)c3C2)cc1. The number of hydroxylamine groups is 1. The molecule has 0 aliphatic carbocycles. The van der Waals surface area contributed by atoms with Crippen LogP contribution in [-0.2, 0) is 17.4 Å². The van der Waals surface area contributed by atoms with Gasteiger partial charge in [-0.1, -0.05) is 18.2 Å². The molecule has 0 aromatic heterocycles. The molecule has 2 aromatic carbocycles. The number of benzene rings is 2. The normalized spacial score (nSPS) is 17.9. The van der Waals surface area contributed by atoms with Crippen LogP contribution in [0.2, 0.25) is 0 Å². The predicted molar refractivity (Wildman–Crippen MR) is 84.8 cm³/mol. The number of anilines is 1. The predicted octanol–water partition coefficient (Wildman–Crippen LogP) is 4.17. The lowest BCUT2D eigenvalue weighted by molar-refractivity contribution is -0.138. The molecule has 1 heterocycles. The van der Waals surface area contributed by atoms with Crippen molar-refractivity contribution >= 4 is 11.6 Å². The molecule has 7 heteroatoms. The summed E-state index contributed by atoms with van der Waals surface area (Å²) < 4.78 is 45.2. The summed E-state index contributed by atoms with van der Waals surface area (Å²) in [5, 5.41) is 10.4. The number of alkyl halides is 3. The van der Waals surface area contributed by atoms with E-state index in [0.29, 0.717) is 16.4 Å². The van der Waals surface area contributed by atoms with Gasteiger partial charge < -0.3 is 4.74 Å². The molecule has 0 fully saturated rings. The lowest BCUT2D eigenvalue weighted by atomic mass is 9.88. The standard InChI is InChI=1S/C18H16F3NO3/c1-25-13-7-5-11(6-8-13)12-9-14-15(18(19,20)21)3-2-4-16(14)22(24)17(23)10-12/h2-8,12,24H,9-10H2,1H3. The Labute approximate surface area is 142 Å². The first kappa shape index (κ1) is 17.3. The van der Waals surface area contributed by atoms with Crippen LogP contribution in [0.25, 0.3) is 0 Å². The lowest BCUT2D eigenvalue weighted by Crippen LogP contribution is -2.27. The maximum absolute atomic E-state index is 13.4. The van der Waals surface area contributed by atoms with Gasteiger partial charge >= 0.3 is 6.18 Å². The minimum atomic E-state index is -4.57. The molecule has 1 amide bonds. The fourth-order valence-corrected chi connectivity index (χ4v) is 3.12. The number of fused-ring (bicyclic) bond motifs is 1. The Morgan fingerprint density at radius 1 is 1.12 bits per heavy atom. The van der Waals surface area contributed by atoms with Crippen molar-refractivity contribution in [3.8, 4) is 5.75 Å². The second kappa shape index (κ2) is 6.40. The van der Waals surface area contributed by atoms with Crippen LogP contribution >= 0.6 is 0 Å². The number of halogens is 3. The molecule has 3 rings (SSSR count). The maximum Gasteiger partial charge on any atom is 0.416 e. The van der Waals surface area contributed by atoms with Gasteiger partial charge in [-0.25, -0.2) is 0 Å². The third-order valence-electron chi connectivity index (χ3n) is 4.38. The molecule has 2 aromatic rings. The van der Waals surface area contributed by atoms with E-state index in [1.165, 1.54) is 19.2 Å². The minimum absolute atomic E-state index is 0.000144. The van der Waals surface area contributed by atoms with Crippen molar-refractivity contribution in [2.75, 3.05) is 12.2 Å². The summed E-state index contributed by atoms with van der Waals surface area (Å²) in [5.74, 6) is -0.499. The zero-order valence-corrected chi connectivity index (χ0v) is 13.4. The first-order valence-electron chi connectivity index (χ1n) is 7.66. The zero-order chi connectivity index (χ0) is 18.2. The van der Waals surface area contributed by atoms with Gasteiger partial charge in [0.2, 0.25) is 0 Å². The molecule has 25 heavy (non-hydrogen) atoms. The number of methoxy groups -OCH3 is 1. The Morgan fingerprint density at radius 2 is 1.80 bits per heavy atom. The Bertz CT molecular complexity index is 787. The highest BCUT2D eigenvalue weighted by Gasteiger charge is 2.38. The number of nitrogens with zero attached hydrogens (tertiary/aromatic N) is 1. The van der Waals surface area contributed by atoms with E-state index in [1.807, 2.05) is 0 Å². The third-order valence-corrected chi connectivity index (χ3v) is 4.38. The first-order valence-corrected chi connectivity index (χ1v) is 7.66. The molecular formula is C18H16F3NO3. The largest absolute Gasteiger partial charge is 0.497 e.